The Kier molecular flexibility index (Phi) is 2.59. The quantitative estimate of drug-likeness (QED) is 0.857. The zero-order valence-electron chi connectivity index (χ0n) is 8.20. The van der Waals surface area contributed by atoms with Crippen LogP contribution >= 0.6 is 0 Å². The Morgan fingerprint density at radius 2 is 2.06 bits per heavy atom. The fourth-order valence-corrected chi connectivity index (χ4v) is 1.63. The minimum Gasteiger partial charge on any atom is -0.395 e. The molecule has 1 N–H and O–H groups in total. The monoisotopic (exact) mass is 230 g/mol. The largest absolute Gasteiger partial charge is 0.418 e. The van der Waals surface area contributed by atoms with E-state index in [1.165, 1.54) is 23.0 Å². The van der Waals surface area contributed by atoms with Crippen molar-refractivity contribution in [2.75, 3.05) is 6.61 Å². The van der Waals surface area contributed by atoms with Crippen molar-refractivity contribution in [3.05, 3.63) is 30.1 Å². The number of hydrogen-bond acceptors (Lipinski definition) is 2. The summed E-state index contributed by atoms with van der Waals surface area (Å²) < 4.78 is 39.4. The van der Waals surface area contributed by atoms with Crippen LogP contribution in [0.3, 0.4) is 0 Å². The predicted molar refractivity (Wildman–Crippen MR) is 51.8 cm³/mol. The van der Waals surface area contributed by atoms with E-state index in [4.69, 9.17) is 5.11 Å². The molecule has 1 heterocycles. The molecule has 86 valence electrons. The number of aliphatic hydroxyl groups excluding tert-OH is 1. The molecule has 0 radical (unpaired) electrons. The molecule has 2 aromatic rings. The maximum absolute atomic E-state index is 12.7. The van der Waals surface area contributed by atoms with Crippen molar-refractivity contribution < 1.29 is 18.3 Å². The zero-order valence-corrected chi connectivity index (χ0v) is 8.20. The number of nitrogens with zero attached hydrogens (tertiary/aromatic N) is 2. The molecule has 0 aliphatic carbocycles. The van der Waals surface area contributed by atoms with Crippen molar-refractivity contribution in [1.29, 1.82) is 0 Å². The third-order valence-corrected chi connectivity index (χ3v) is 2.28. The third kappa shape index (κ3) is 1.76. The number of hydrogen-bond donors (Lipinski definition) is 1. The van der Waals surface area contributed by atoms with Crippen LogP contribution in [0.15, 0.2) is 24.5 Å². The summed E-state index contributed by atoms with van der Waals surface area (Å²) in [6, 6.07) is 3.85. The summed E-state index contributed by atoms with van der Waals surface area (Å²) in [4.78, 5) is 3.86. The van der Waals surface area contributed by atoms with Crippen molar-refractivity contribution in [3.8, 4) is 0 Å². The molecule has 16 heavy (non-hydrogen) atoms. The first-order valence-electron chi connectivity index (χ1n) is 4.66. The molecule has 0 saturated carbocycles. The van der Waals surface area contributed by atoms with Crippen molar-refractivity contribution >= 4 is 11.0 Å². The number of imidazole rings is 1. The smallest absolute Gasteiger partial charge is 0.395 e. The second-order valence-electron chi connectivity index (χ2n) is 3.33. The first kappa shape index (κ1) is 10.9. The van der Waals surface area contributed by atoms with Gasteiger partial charge in [0.05, 0.1) is 29.5 Å². The van der Waals surface area contributed by atoms with Gasteiger partial charge in [-0.2, -0.15) is 13.2 Å². The normalized spacial score (nSPS) is 12.2. The Morgan fingerprint density at radius 1 is 1.31 bits per heavy atom. The van der Waals surface area contributed by atoms with Gasteiger partial charge >= 0.3 is 6.18 Å². The van der Waals surface area contributed by atoms with E-state index >= 15 is 0 Å². The number of benzene rings is 1. The Bertz CT molecular complexity index is 504. The minimum absolute atomic E-state index is 0.0176. The van der Waals surface area contributed by atoms with Crippen molar-refractivity contribution in [3.63, 3.8) is 0 Å². The van der Waals surface area contributed by atoms with E-state index in [-0.39, 0.29) is 24.2 Å². The Balaban J connectivity index is 2.68. The number of aromatic nitrogens is 2. The minimum atomic E-state index is -4.41. The summed E-state index contributed by atoms with van der Waals surface area (Å²) in [6.45, 7) is -0.124. The first-order valence-corrected chi connectivity index (χ1v) is 4.66. The van der Waals surface area contributed by atoms with Crippen molar-refractivity contribution in [1.82, 2.24) is 9.55 Å². The first-order chi connectivity index (χ1) is 7.54. The Morgan fingerprint density at radius 3 is 2.69 bits per heavy atom. The van der Waals surface area contributed by atoms with Gasteiger partial charge in [0, 0.05) is 6.54 Å². The van der Waals surface area contributed by atoms with Gasteiger partial charge in [0.25, 0.3) is 0 Å². The molecule has 0 aliphatic rings. The van der Waals surface area contributed by atoms with E-state index in [0.29, 0.717) is 0 Å². The van der Waals surface area contributed by atoms with E-state index in [0.717, 1.165) is 6.07 Å². The maximum Gasteiger partial charge on any atom is 0.418 e. The second kappa shape index (κ2) is 3.79. The lowest BCUT2D eigenvalue weighted by Gasteiger charge is -2.10. The molecule has 2 rings (SSSR count). The number of halogens is 3. The number of alkyl halides is 3. The molecule has 1 aromatic carbocycles. The lowest BCUT2D eigenvalue weighted by molar-refractivity contribution is -0.136. The Labute approximate surface area is 89.1 Å². The van der Waals surface area contributed by atoms with E-state index in [9.17, 15) is 13.2 Å². The van der Waals surface area contributed by atoms with Crippen LogP contribution in [-0.2, 0) is 12.7 Å². The summed E-state index contributed by atoms with van der Waals surface area (Å²) in [5.41, 5.74) is -0.428. The van der Waals surface area contributed by atoms with Gasteiger partial charge in [-0.3, -0.25) is 0 Å². The van der Waals surface area contributed by atoms with Crippen LogP contribution in [-0.4, -0.2) is 21.3 Å². The average Bonchev–Trinajstić information content (AvgIpc) is 2.61. The SMILES string of the molecule is OCCn1cnc2cccc(C(F)(F)F)c21. The standard InChI is InChI=1S/C10H9F3N2O/c11-10(12,13)7-2-1-3-8-9(7)15(4-5-16)6-14-8/h1-3,6,16H,4-5H2. The van der Waals surface area contributed by atoms with Gasteiger partial charge in [-0.15, -0.1) is 0 Å². The number of rotatable bonds is 2. The van der Waals surface area contributed by atoms with E-state index in [1.807, 2.05) is 0 Å². The van der Waals surface area contributed by atoms with Crippen molar-refractivity contribution in [2.24, 2.45) is 0 Å². The van der Waals surface area contributed by atoms with Gasteiger partial charge in [-0.05, 0) is 12.1 Å². The van der Waals surface area contributed by atoms with Gasteiger partial charge in [-0.25, -0.2) is 4.98 Å². The van der Waals surface area contributed by atoms with Crippen LogP contribution in [0, 0.1) is 0 Å². The molecular formula is C10H9F3N2O. The highest BCUT2D eigenvalue weighted by Crippen LogP contribution is 2.34. The zero-order chi connectivity index (χ0) is 11.8. The van der Waals surface area contributed by atoms with Crippen LogP contribution in [0.5, 0.6) is 0 Å². The summed E-state index contributed by atoms with van der Waals surface area (Å²) in [6.07, 6.45) is -3.11. The van der Waals surface area contributed by atoms with Crippen LogP contribution in [0.2, 0.25) is 0 Å². The fourth-order valence-electron chi connectivity index (χ4n) is 1.63. The molecule has 1 aromatic heterocycles. The van der Waals surface area contributed by atoms with Crippen LogP contribution in [0.25, 0.3) is 11.0 Å². The van der Waals surface area contributed by atoms with Crippen molar-refractivity contribution in [2.45, 2.75) is 12.7 Å². The van der Waals surface area contributed by atoms with Gasteiger partial charge in [0.15, 0.2) is 0 Å². The number of aliphatic hydroxyl groups is 1. The molecular weight excluding hydrogens is 221 g/mol. The van der Waals surface area contributed by atoms with Crippen LogP contribution in [0.4, 0.5) is 13.2 Å². The highest BCUT2D eigenvalue weighted by Gasteiger charge is 2.33. The highest BCUT2D eigenvalue weighted by atomic mass is 19.4. The summed E-state index contributed by atoms with van der Waals surface area (Å²) in [5.74, 6) is 0. The molecule has 0 bridgehead atoms. The molecule has 0 atom stereocenters. The topological polar surface area (TPSA) is 38.0 Å². The van der Waals surface area contributed by atoms with E-state index in [1.54, 1.807) is 0 Å². The van der Waals surface area contributed by atoms with Gasteiger partial charge in [0.1, 0.15) is 0 Å². The second-order valence-corrected chi connectivity index (χ2v) is 3.33. The molecule has 6 heteroatoms. The fraction of sp³-hybridized carbons (Fsp3) is 0.300. The van der Waals surface area contributed by atoms with Gasteiger partial charge in [0.2, 0.25) is 0 Å². The molecule has 0 aliphatic heterocycles. The van der Waals surface area contributed by atoms with E-state index in [2.05, 4.69) is 4.98 Å². The van der Waals surface area contributed by atoms with E-state index < -0.39 is 11.7 Å². The highest BCUT2D eigenvalue weighted by molar-refractivity contribution is 5.79. The van der Waals surface area contributed by atoms with Gasteiger partial charge < -0.3 is 9.67 Å². The summed E-state index contributed by atoms with van der Waals surface area (Å²) in [5, 5.41) is 8.76. The summed E-state index contributed by atoms with van der Waals surface area (Å²) >= 11 is 0. The predicted octanol–water partition coefficient (Wildman–Crippen LogP) is 2.05. The molecule has 0 saturated heterocycles. The van der Waals surface area contributed by atoms with Crippen LogP contribution in [0.1, 0.15) is 5.56 Å². The molecule has 0 amide bonds. The van der Waals surface area contributed by atoms with Crippen LogP contribution < -0.4 is 0 Å². The summed E-state index contributed by atoms with van der Waals surface area (Å²) in [7, 11) is 0. The molecule has 3 nitrogen and oxygen atoms in total. The maximum atomic E-state index is 12.7. The third-order valence-electron chi connectivity index (χ3n) is 2.28. The number of fused-ring (bicyclic) bond motifs is 1. The van der Waals surface area contributed by atoms with Gasteiger partial charge in [-0.1, -0.05) is 6.07 Å². The molecule has 0 unspecified atom stereocenters. The Hall–Kier alpha value is -1.56. The lowest BCUT2D eigenvalue weighted by Crippen LogP contribution is -2.09. The average molecular weight is 230 g/mol. The lowest BCUT2D eigenvalue weighted by atomic mass is 10.1. The number of para-hydroxylation sites is 1. The molecule has 0 fully saturated rings. The molecule has 0 spiro atoms.